The van der Waals surface area contributed by atoms with Crippen LogP contribution in [0, 0.1) is 10.1 Å². The molecule has 1 aromatic heterocycles. The minimum absolute atomic E-state index is 0.00979. The number of carbonyl (C=O) groups excluding carboxylic acids is 1. The molecule has 8 nitrogen and oxygen atoms in total. The Labute approximate surface area is 164 Å². The van der Waals surface area contributed by atoms with Crippen molar-refractivity contribution in [3.63, 3.8) is 0 Å². The molecule has 0 bridgehead atoms. The van der Waals surface area contributed by atoms with Gasteiger partial charge in [-0.2, -0.15) is 0 Å². The number of nitrogens with one attached hydrogen (secondary N) is 1. The molecule has 0 radical (unpaired) electrons. The van der Waals surface area contributed by atoms with Crippen molar-refractivity contribution in [3.05, 3.63) is 81.7 Å². The predicted octanol–water partition coefficient (Wildman–Crippen LogP) is 3.94. The molecule has 3 rings (SSSR count). The van der Waals surface area contributed by atoms with E-state index in [9.17, 15) is 14.9 Å². The lowest BCUT2D eigenvalue weighted by Gasteiger charge is -1.99. The van der Waals surface area contributed by atoms with Crippen LogP contribution in [0.4, 0.5) is 11.7 Å². The summed E-state index contributed by atoms with van der Waals surface area (Å²) in [5.74, 6) is -0.0964. The van der Waals surface area contributed by atoms with Gasteiger partial charge in [-0.3, -0.25) is 20.2 Å². The molecule has 0 aliphatic rings. The second kappa shape index (κ2) is 8.96. The number of thioether (sulfide) groups is 1. The minimum atomic E-state index is -0.494. The van der Waals surface area contributed by atoms with Crippen molar-refractivity contribution in [1.82, 2.24) is 10.2 Å². The predicted molar refractivity (Wildman–Crippen MR) is 106 cm³/mol. The van der Waals surface area contributed by atoms with E-state index in [1.54, 1.807) is 23.9 Å². The van der Waals surface area contributed by atoms with Gasteiger partial charge in [0.1, 0.15) is 0 Å². The molecule has 0 aliphatic carbocycles. The Bertz CT molecular complexity index is 1010. The van der Waals surface area contributed by atoms with E-state index >= 15 is 0 Å². The number of hydrogen-bond donors (Lipinski definition) is 1. The van der Waals surface area contributed by atoms with Gasteiger partial charge in [-0.25, -0.2) is 0 Å². The standard InChI is InChI=1S/C19H16N4O4S/c1-28-16-8-5-14(6-9-16)12-18-21-22-19(27-18)20-17(24)10-7-13-3-2-4-15(11-13)23(25)26/h2-11H,12H2,1H3,(H,20,22,24)/b10-7+. The number of benzene rings is 2. The molecule has 9 heteroatoms. The van der Waals surface area contributed by atoms with Crippen LogP contribution in [-0.4, -0.2) is 27.3 Å². The fourth-order valence-corrected chi connectivity index (χ4v) is 2.76. The number of non-ortho nitro benzene ring substituents is 1. The summed E-state index contributed by atoms with van der Waals surface area (Å²) in [4.78, 5) is 23.4. The molecule has 142 valence electrons. The maximum Gasteiger partial charge on any atom is 0.322 e. The summed E-state index contributed by atoms with van der Waals surface area (Å²) in [5.41, 5.74) is 1.50. The van der Waals surface area contributed by atoms with Crippen LogP contribution in [0.15, 0.2) is 63.9 Å². The van der Waals surface area contributed by atoms with Gasteiger partial charge in [0.25, 0.3) is 11.6 Å². The number of nitro benzene ring substituents is 1. The van der Waals surface area contributed by atoms with E-state index in [2.05, 4.69) is 15.5 Å². The molecule has 2 aromatic carbocycles. The molecule has 0 saturated heterocycles. The van der Waals surface area contributed by atoms with E-state index in [1.807, 2.05) is 30.5 Å². The van der Waals surface area contributed by atoms with E-state index in [-0.39, 0.29) is 11.7 Å². The summed E-state index contributed by atoms with van der Waals surface area (Å²) in [6, 6.07) is 13.9. The maximum absolute atomic E-state index is 12.0. The second-order valence-corrected chi connectivity index (χ2v) is 6.58. The normalized spacial score (nSPS) is 10.9. The van der Waals surface area contributed by atoms with Crippen LogP contribution in [0.25, 0.3) is 6.08 Å². The van der Waals surface area contributed by atoms with Gasteiger partial charge >= 0.3 is 6.01 Å². The van der Waals surface area contributed by atoms with Gasteiger partial charge in [0.05, 0.1) is 11.3 Å². The molecular weight excluding hydrogens is 380 g/mol. The summed E-state index contributed by atoms with van der Waals surface area (Å²) in [6.45, 7) is 0. The van der Waals surface area contributed by atoms with Crippen molar-refractivity contribution in [2.45, 2.75) is 11.3 Å². The van der Waals surface area contributed by atoms with Gasteiger partial charge in [-0.1, -0.05) is 29.4 Å². The van der Waals surface area contributed by atoms with E-state index in [0.717, 1.165) is 10.5 Å². The summed E-state index contributed by atoms with van der Waals surface area (Å²) >= 11 is 1.66. The van der Waals surface area contributed by atoms with E-state index in [0.29, 0.717) is 17.9 Å². The van der Waals surface area contributed by atoms with Crippen LogP contribution in [0.5, 0.6) is 0 Å². The monoisotopic (exact) mass is 396 g/mol. The highest BCUT2D eigenvalue weighted by Gasteiger charge is 2.09. The van der Waals surface area contributed by atoms with Crippen LogP contribution in [0.2, 0.25) is 0 Å². The van der Waals surface area contributed by atoms with Crippen LogP contribution in [-0.2, 0) is 11.2 Å². The van der Waals surface area contributed by atoms with Crippen molar-refractivity contribution in [1.29, 1.82) is 0 Å². The van der Waals surface area contributed by atoms with Gasteiger partial charge in [0.15, 0.2) is 0 Å². The molecule has 0 aliphatic heterocycles. The van der Waals surface area contributed by atoms with Crippen LogP contribution >= 0.6 is 11.8 Å². The molecule has 3 aromatic rings. The number of hydrogen-bond acceptors (Lipinski definition) is 7. The Morgan fingerprint density at radius 2 is 2.04 bits per heavy atom. The van der Waals surface area contributed by atoms with Crippen LogP contribution in [0.1, 0.15) is 17.0 Å². The Kier molecular flexibility index (Phi) is 6.18. The highest BCUT2D eigenvalue weighted by Crippen LogP contribution is 2.17. The molecule has 1 N–H and O–H groups in total. The zero-order valence-electron chi connectivity index (χ0n) is 14.9. The minimum Gasteiger partial charge on any atom is -0.407 e. The van der Waals surface area contributed by atoms with Crippen molar-refractivity contribution in [3.8, 4) is 0 Å². The van der Waals surface area contributed by atoms with Crippen molar-refractivity contribution in [2.75, 3.05) is 11.6 Å². The number of rotatable bonds is 7. The van der Waals surface area contributed by atoms with E-state index in [4.69, 9.17) is 4.42 Å². The van der Waals surface area contributed by atoms with Gasteiger partial charge in [0, 0.05) is 23.1 Å². The smallest absolute Gasteiger partial charge is 0.322 e. The first-order chi connectivity index (χ1) is 13.5. The second-order valence-electron chi connectivity index (χ2n) is 5.70. The lowest BCUT2D eigenvalue weighted by Crippen LogP contribution is -2.07. The zero-order valence-corrected chi connectivity index (χ0v) is 15.7. The fourth-order valence-electron chi connectivity index (χ4n) is 2.35. The van der Waals surface area contributed by atoms with Crippen molar-refractivity contribution in [2.24, 2.45) is 0 Å². The Morgan fingerprint density at radius 3 is 2.75 bits per heavy atom. The van der Waals surface area contributed by atoms with E-state index in [1.165, 1.54) is 24.3 Å². The summed E-state index contributed by atoms with van der Waals surface area (Å²) in [6.07, 6.45) is 5.17. The van der Waals surface area contributed by atoms with Gasteiger partial charge < -0.3 is 4.42 Å². The Morgan fingerprint density at radius 1 is 1.25 bits per heavy atom. The quantitative estimate of drug-likeness (QED) is 0.279. The summed E-state index contributed by atoms with van der Waals surface area (Å²) in [7, 11) is 0. The summed E-state index contributed by atoms with van der Waals surface area (Å²) in [5, 5.41) is 21.0. The first-order valence-electron chi connectivity index (χ1n) is 8.22. The van der Waals surface area contributed by atoms with Gasteiger partial charge in [-0.15, -0.1) is 16.9 Å². The first kappa shape index (κ1) is 19.3. The molecular formula is C19H16N4O4S. The molecule has 0 spiro atoms. The third-order valence-corrected chi connectivity index (χ3v) is 4.46. The van der Waals surface area contributed by atoms with Gasteiger partial charge in [-0.05, 0) is 35.6 Å². The first-order valence-corrected chi connectivity index (χ1v) is 9.45. The third kappa shape index (κ3) is 5.27. The number of carbonyl (C=O) groups is 1. The Hall–Kier alpha value is -3.46. The lowest BCUT2D eigenvalue weighted by molar-refractivity contribution is -0.384. The number of amides is 1. The van der Waals surface area contributed by atoms with Crippen LogP contribution in [0.3, 0.4) is 0 Å². The van der Waals surface area contributed by atoms with Crippen molar-refractivity contribution < 1.29 is 14.1 Å². The molecule has 1 amide bonds. The average molecular weight is 396 g/mol. The molecule has 28 heavy (non-hydrogen) atoms. The zero-order chi connectivity index (χ0) is 19.9. The molecule has 0 unspecified atom stereocenters. The lowest BCUT2D eigenvalue weighted by atomic mass is 10.1. The topological polar surface area (TPSA) is 111 Å². The van der Waals surface area contributed by atoms with Crippen molar-refractivity contribution >= 4 is 35.4 Å². The highest BCUT2D eigenvalue weighted by molar-refractivity contribution is 7.98. The molecule has 0 fully saturated rings. The highest BCUT2D eigenvalue weighted by atomic mass is 32.2. The third-order valence-electron chi connectivity index (χ3n) is 3.72. The fraction of sp³-hybridized carbons (Fsp3) is 0.105. The number of nitrogens with zero attached hydrogens (tertiary/aromatic N) is 3. The maximum atomic E-state index is 12.0. The Balaban J connectivity index is 1.58. The number of anilines is 1. The van der Waals surface area contributed by atoms with Crippen LogP contribution < -0.4 is 5.32 Å². The van der Waals surface area contributed by atoms with E-state index < -0.39 is 10.8 Å². The average Bonchev–Trinajstić information content (AvgIpc) is 3.14. The number of nitro groups is 1. The van der Waals surface area contributed by atoms with Gasteiger partial charge in [0.2, 0.25) is 5.89 Å². The molecule has 0 saturated carbocycles. The molecule has 0 atom stereocenters. The SMILES string of the molecule is CSc1ccc(Cc2nnc(NC(=O)/C=C/c3cccc([N+](=O)[O-])c3)o2)cc1. The largest absolute Gasteiger partial charge is 0.407 e. The molecule has 1 heterocycles. The summed E-state index contributed by atoms with van der Waals surface area (Å²) < 4.78 is 5.43. The number of aromatic nitrogens is 2.